The van der Waals surface area contributed by atoms with E-state index in [1.807, 2.05) is 30.3 Å². The summed E-state index contributed by atoms with van der Waals surface area (Å²) in [6, 6.07) is 14.0. The Morgan fingerprint density at radius 1 is 1.04 bits per heavy atom. The van der Waals surface area contributed by atoms with Crippen molar-refractivity contribution in [2.75, 3.05) is 18.4 Å². The third-order valence-corrected chi connectivity index (χ3v) is 3.70. The van der Waals surface area contributed by atoms with Crippen LogP contribution in [0.2, 0.25) is 0 Å². The predicted octanol–water partition coefficient (Wildman–Crippen LogP) is 3.55. The second-order valence-corrected chi connectivity index (χ2v) is 5.39. The average Bonchev–Trinajstić information content (AvgIpc) is 2.61. The van der Waals surface area contributed by atoms with Gasteiger partial charge in [0.2, 0.25) is 0 Å². The first kappa shape index (κ1) is 17.7. The molecule has 3 rings (SSSR count). The van der Waals surface area contributed by atoms with Gasteiger partial charge in [0.05, 0.1) is 12.2 Å². The number of halogens is 1. The van der Waals surface area contributed by atoms with Crippen LogP contribution in [-0.4, -0.2) is 34.1 Å². The van der Waals surface area contributed by atoms with Crippen molar-refractivity contribution in [2.24, 2.45) is 4.99 Å². The average molecular weight is 423 g/mol. The zero-order valence-corrected chi connectivity index (χ0v) is 15.4. The van der Waals surface area contributed by atoms with E-state index in [1.165, 1.54) is 19.3 Å². The van der Waals surface area contributed by atoms with Crippen LogP contribution in [0.15, 0.2) is 53.7 Å². The van der Waals surface area contributed by atoms with E-state index in [0.29, 0.717) is 6.54 Å². The maximum Gasteiger partial charge on any atom is 0.198 e. The van der Waals surface area contributed by atoms with E-state index in [4.69, 9.17) is 4.99 Å². The molecule has 1 aliphatic rings. The van der Waals surface area contributed by atoms with Gasteiger partial charge in [-0.2, -0.15) is 10.2 Å². The highest BCUT2D eigenvalue weighted by atomic mass is 127. The van der Waals surface area contributed by atoms with Gasteiger partial charge in [0, 0.05) is 25.0 Å². The molecular weight excluding hydrogens is 401 g/mol. The van der Waals surface area contributed by atoms with Crippen LogP contribution in [0.1, 0.15) is 25.0 Å². The molecule has 0 spiro atoms. The highest BCUT2D eigenvalue weighted by Crippen LogP contribution is 2.13. The molecule has 1 aromatic heterocycles. The van der Waals surface area contributed by atoms with Crippen LogP contribution in [0.3, 0.4) is 0 Å². The lowest BCUT2D eigenvalue weighted by molar-refractivity contribution is 0.340. The largest absolute Gasteiger partial charge is 0.343 e. The molecule has 1 fully saturated rings. The number of hydrogen-bond acceptors (Lipinski definition) is 3. The number of likely N-dealkylation sites (tertiary alicyclic amines) is 1. The lowest BCUT2D eigenvalue weighted by Crippen LogP contribution is -2.40. The highest BCUT2D eigenvalue weighted by Gasteiger charge is 2.15. The molecule has 2 heterocycles. The minimum absolute atomic E-state index is 0. The topological polar surface area (TPSA) is 53.4 Å². The molecule has 2 aromatic rings. The van der Waals surface area contributed by atoms with Crippen molar-refractivity contribution >= 4 is 35.6 Å². The smallest absolute Gasteiger partial charge is 0.198 e. The minimum atomic E-state index is 0. The van der Waals surface area contributed by atoms with Crippen molar-refractivity contribution < 1.29 is 0 Å². The van der Waals surface area contributed by atoms with Crippen molar-refractivity contribution in [3.05, 3.63) is 54.4 Å². The van der Waals surface area contributed by atoms with Gasteiger partial charge in [0.15, 0.2) is 5.96 Å². The SMILES string of the molecule is I.c1ccc(NC(=NCc2cccnn2)N2CCCCC2)cc1. The number of rotatable bonds is 3. The maximum atomic E-state index is 4.74. The van der Waals surface area contributed by atoms with Gasteiger partial charge in [-0.15, -0.1) is 24.0 Å². The first-order valence-electron chi connectivity index (χ1n) is 7.80. The molecule has 1 saturated heterocycles. The van der Waals surface area contributed by atoms with Gasteiger partial charge in [-0.25, -0.2) is 4.99 Å². The van der Waals surface area contributed by atoms with E-state index in [9.17, 15) is 0 Å². The van der Waals surface area contributed by atoms with Crippen LogP contribution in [0.4, 0.5) is 5.69 Å². The van der Waals surface area contributed by atoms with Crippen molar-refractivity contribution in [3.8, 4) is 0 Å². The molecule has 0 radical (unpaired) electrons. The fraction of sp³-hybridized carbons (Fsp3) is 0.353. The van der Waals surface area contributed by atoms with Gasteiger partial charge in [-0.3, -0.25) is 0 Å². The Kier molecular flexibility index (Phi) is 7.25. The van der Waals surface area contributed by atoms with Gasteiger partial charge in [0.1, 0.15) is 0 Å². The summed E-state index contributed by atoms with van der Waals surface area (Å²) >= 11 is 0. The Bertz CT molecular complexity index is 597. The Balaban J connectivity index is 0.00000192. The lowest BCUT2D eigenvalue weighted by atomic mass is 10.1. The number of benzene rings is 1. The summed E-state index contributed by atoms with van der Waals surface area (Å²) < 4.78 is 0. The molecule has 122 valence electrons. The van der Waals surface area contributed by atoms with Crippen LogP contribution in [0.5, 0.6) is 0 Å². The highest BCUT2D eigenvalue weighted by molar-refractivity contribution is 14.0. The number of anilines is 1. The van der Waals surface area contributed by atoms with E-state index in [2.05, 4.69) is 32.5 Å². The van der Waals surface area contributed by atoms with Crippen LogP contribution in [0.25, 0.3) is 0 Å². The zero-order chi connectivity index (χ0) is 15.0. The molecule has 0 aliphatic carbocycles. The fourth-order valence-corrected chi connectivity index (χ4v) is 2.55. The summed E-state index contributed by atoms with van der Waals surface area (Å²) in [5.41, 5.74) is 1.94. The van der Waals surface area contributed by atoms with E-state index in [1.54, 1.807) is 6.20 Å². The predicted molar refractivity (Wildman–Crippen MR) is 104 cm³/mol. The first-order chi connectivity index (χ1) is 10.9. The Morgan fingerprint density at radius 2 is 1.83 bits per heavy atom. The van der Waals surface area contributed by atoms with E-state index >= 15 is 0 Å². The summed E-state index contributed by atoms with van der Waals surface area (Å²) in [6.45, 7) is 2.65. The molecule has 0 amide bonds. The van der Waals surface area contributed by atoms with Crippen molar-refractivity contribution in [3.63, 3.8) is 0 Å². The fourth-order valence-electron chi connectivity index (χ4n) is 2.55. The molecule has 0 unspecified atom stereocenters. The second kappa shape index (κ2) is 9.44. The van der Waals surface area contributed by atoms with Gasteiger partial charge in [-0.1, -0.05) is 18.2 Å². The lowest BCUT2D eigenvalue weighted by Gasteiger charge is -2.30. The number of piperidine rings is 1. The molecule has 5 nitrogen and oxygen atoms in total. The zero-order valence-electron chi connectivity index (χ0n) is 13.1. The molecular formula is C17H22IN5. The van der Waals surface area contributed by atoms with Crippen LogP contribution < -0.4 is 5.32 Å². The summed E-state index contributed by atoms with van der Waals surface area (Å²) in [5.74, 6) is 0.927. The maximum absolute atomic E-state index is 4.74. The van der Waals surface area contributed by atoms with Crippen LogP contribution in [-0.2, 0) is 6.54 Å². The molecule has 23 heavy (non-hydrogen) atoms. The molecule has 0 saturated carbocycles. The summed E-state index contributed by atoms with van der Waals surface area (Å²) in [4.78, 5) is 7.07. The summed E-state index contributed by atoms with van der Waals surface area (Å²) in [6.07, 6.45) is 5.43. The third-order valence-electron chi connectivity index (χ3n) is 3.70. The molecule has 0 bridgehead atoms. The molecule has 0 atom stereocenters. The number of aliphatic imine (C=N–C) groups is 1. The quantitative estimate of drug-likeness (QED) is 0.466. The summed E-state index contributed by atoms with van der Waals surface area (Å²) in [5, 5.41) is 11.5. The van der Waals surface area contributed by atoms with Crippen LogP contribution in [0, 0.1) is 0 Å². The third kappa shape index (κ3) is 5.46. The van der Waals surface area contributed by atoms with E-state index in [-0.39, 0.29) is 24.0 Å². The number of hydrogen-bond donors (Lipinski definition) is 1. The molecule has 1 aliphatic heterocycles. The normalized spacial score (nSPS) is 15.0. The monoisotopic (exact) mass is 423 g/mol. The summed E-state index contributed by atoms with van der Waals surface area (Å²) in [7, 11) is 0. The molecule has 6 heteroatoms. The molecule has 1 N–H and O–H groups in total. The minimum Gasteiger partial charge on any atom is -0.343 e. The van der Waals surface area contributed by atoms with E-state index in [0.717, 1.165) is 30.4 Å². The Labute approximate surface area is 154 Å². The number of aromatic nitrogens is 2. The van der Waals surface area contributed by atoms with Gasteiger partial charge in [0.25, 0.3) is 0 Å². The first-order valence-corrected chi connectivity index (χ1v) is 7.80. The number of para-hydroxylation sites is 1. The van der Waals surface area contributed by atoms with Crippen molar-refractivity contribution in [1.82, 2.24) is 15.1 Å². The second-order valence-electron chi connectivity index (χ2n) is 5.39. The molecule has 1 aromatic carbocycles. The van der Waals surface area contributed by atoms with Crippen LogP contribution >= 0.6 is 24.0 Å². The van der Waals surface area contributed by atoms with Crippen molar-refractivity contribution in [2.45, 2.75) is 25.8 Å². The van der Waals surface area contributed by atoms with Gasteiger partial charge >= 0.3 is 0 Å². The number of guanidine groups is 1. The van der Waals surface area contributed by atoms with Gasteiger partial charge in [-0.05, 0) is 43.5 Å². The van der Waals surface area contributed by atoms with E-state index < -0.39 is 0 Å². The Morgan fingerprint density at radius 3 is 2.52 bits per heavy atom. The number of nitrogens with one attached hydrogen (secondary N) is 1. The van der Waals surface area contributed by atoms with Gasteiger partial charge < -0.3 is 10.2 Å². The Hall–Kier alpha value is -1.70. The van der Waals surface area contributed by atoms with Crippen molar-refractivity contribution in [1.29, 1.82) is 0 Å². The number of nitrogens with zero attached hydrogens (tertiary/aromatic N) is 4. The standard InChI is InChI=1S/C17H21N5.HI/c1-3-8-15(9-4-1)20-17(22-12-5-2-6-13-22)18-14-16-10-7-11-19-21-16;/h1,3-4,7-11H,2,5-6,12-14H2,(H,18,20);1H.